The zero-order valence-corrected chi connectivity index (χ0v) is 20.4. The van der Waals surface area contributed by atoms with Gasteiger partial charge in [-0.05, 0) is 86.1 Å². The first-order chi connectivity index (χ1) is 18.0. The number of carbonyl (C=O) groups excluding carboxylic acids is 1. The molecule has 0 spiro atoms. The van der Waals surface area contributed by atoms with Crippen LogP contribution < -0.4 is 5.32 Å². The number of aromatic nitrogens is 4. The third-order valence-corrected chi connectivity index (χ3v) is 6.57. The normalized spacial score (nSPS) is 11.3. The molecule has 6 rings (SSSR count). The van der Waals surface area contributed by atoms with Gasteiger partial charge in [0.05, 0.1) is 22.1 Å². The molecule has 6 aromatic rings. The number of rotatable bonds is 5. The molecule has 4 aromatic carbocycles. The summed E-state index contributed by atoms with van der Waals surface area (Å²) in [5, 5.41) is 2.99. The van der Waals surface area contributed by atoms with Gasteiger partial charge in [-0.3, -0.25) is 9.36 Å². The Hall–Kier alpha value is -4.78. The quantitative estimate of drug-likeness (QED) is 0.303. The molecule has 6 nitrogen and oxygen atoms in total. The van der Waals surface area contributed by atoms with Crippen molar-refractivity contribution in [2.75, 3.05) is 5.32 Å². The fourth-order valence-corrected chi connectivity index (χ4v) is 4.73. The molecule has 0 saturated carbocycles. The number of para-hydroxylation sites is 2. The molecule has 0 aliphatic heterocycles. The summed E-state index contributed by atoms with van der Waals surface area (Å²) in [5.74, 6) is 1.21. The first-order valence-electron chi connectivity index (χ1n) is 12.0. The molecule has 1 amide bonds. The molecule has 0 bridgehead atoms. The average Bonchev–Trinajstić information content (AvgIpc) is 3.40. The number of fused-ring (bicyclic) bond motifs is 2. The van der Waals surface area contributed by atoms with Gasteiger partial charge in [0.15, 0.2) is 0 Å². The van der Waals surface area contributed by atoms with Crippen LogP contribution in [0.15, 0.2) is 91.0 Å². The second-order valence-electron chi connectivity index (χ2n) is 9.06. The van der Waals surface area contributed by atoms with Crippen LogP contribution in [0.5, 0.6) is 0 Å². The predicted octanol–water partition coefficient (Wildman–Crippen LogP) is 6.43. The van der Waals surface area contributed by atoms with Crippen LogP contribution in [0.25, 0.3) is 27.8 Å². The van der Waals surface area contributed by atoms with Crippen LogP contribution in [-0.4, -0.2) is 25.0 Å². The molecule has 0 fully saturated rings. The highest BCUT2D eigenvalue weighted by atomic mass is 19.1. The number of nitrogens with zero attached hydrogens (tertiary/aromatic N) is 4. The highest BCUT2D eigenvalue weighted by Crippen LogP contribution is 2.24. The lowest BCUT2D eigenvalue weighted by molar-refractivity contribution is 0.102. The number of amides is 1. The molecule has 0 aliphatic carbocycles. The first kappa shape index (κ1) is 22.7. The number of anilines is 1. The van der Waals surface area contributed by atoms with E-state index in [-0.39, 0.29) is 11.7 Å². The van der Waals surface area contributed by atoms with E-state index in [0.717, 1.165) is 45.0 Å². The smallest absolute Gasteiger partial charge is 0.255 e. The van der Waals surface area contributed by atoms with Crippen LogP contribution in [0, 0.1) is 19.7 Å². The van der Waals surface area contributed by atoms with Gasteiger partial charge >= 0.3 is 0 Å². The van der Waals surface area contributed by atoms with Gasteiger partial charge in [-0.15, -0.1) is 0 Å². The van der Waals surface area contributed by atoms with E-state index in [1.54, 1.807) is 18.2 Å². The van der Waals surface area contributed by atoms with E-state index >= 15 is 0 Å². The Morgan fingerprint density at radius 3 is 2.30 bits per heavy atom. The van der Waals surface area contributed by atoms with Crippen molar-refractivity contribution in [3.8, 4) is 5.69 Å². The standard InChI is InChI=1S/C30H24FN5O/c1-19-32-26-5-3-4-6-28(26)35(19)18-21-7-12-24(13-8-21)34-30(37)22-9-16-27-29(17-22)36(20(2)33-27)25-14-10-23(31)11-15-25/h3-17H,18H2,1-2H3,(H,34,37). The van der Waals surface area contributed by atoms with Crippen LogP contribution >= 0.6 is 0 Å². The number of halogens is 1. The summed E-state index contributed by atoms with van der Waals surface area (Å²) >= 11 is 0. The van der Waals surface area contributed by atoms with Gasteiger partial charge in [0.1, 0.15) is 17.5 Å². The fourth-order valence-electron chi connectivity index (χ4n) is 4.73. The van der Waals surface area contributed by atoms with E-state index in [1.165, 1.54) is 12.1 Å². The number of nitrogens with one attached hydrogen (secondary N) is 1. The molecule has 1 N–H and O–H groups in total. The number of hydrogen-bond donors (Lipinski definition) is 1. The van der Waals surface area contributed by atoms with E-state index in [0.29, 0.717) is 17.8 Å². The van der Waals surface area contributed by atoms with Crippen LogP contribution in [0.3, 0.4) is 0 Å². The topological polar surface area (TPSA) is 64.7 Å². The Labute approximate surface area is 213 Å². The minimum Gasteiger partial charge on any atom is -0.324 e. The average molecular weight is 490 g/mol. The Bertz CT molecular complexity index is 1760. The van der Waals surface area contributed by atoms with Gasteiger partial charge in [0.25, 0.3) is 5.91 Å². The van der Waals surface area contributed by atoms with Gasteiger partial charge in [-0.25, -0.2) is 14.4 Å². The Morgan fingerprint density at radius 2 is 1.51 bits per heavy atom. The summed E-state index contributed by atoms with van der Waals surface area (Å²) in [6.45, 7) is 4.59. The summed E-state index contributed by atoms with van der Waals surface area (Å²) in [5.41, 5.74) is 6.77. The summed E-state index contributed by atoms with van der Waals surface area (Å²) < 4.78 is 17.5. The second-order valence-corrected chi connectivity index (χ2v) is 9.06. The van der Waals surface area contributed by atoms with Crippen LogP contribution in [0.2, 0.25) is 0 Å². The molecule has 0 aliphatic rings. The highest BCUT2D eigenvalue weighted by molar-refractivity contribution is 6.06. The maximum atomic E-state index is 13.4. The van der Waals surface area contributed by atoms with Gasteiger partial charge in [-0.2, -0.15) is 0 Å². The SMILES string of the molecule is Cc1nc2ccccc2n1Cc1ccc(NC(=O)c2ccc3nc(C)n(-c4ccc(F)cc4)c3c2)cc1. The Kier molecular flexibility index (Phi) is 5.53. The lowest BCUT2D eigenvalue weighted by Gasteiger charge is -2.10. The van der Waals surface area contributed by atoms with Crippen molar-refractivity contribution < 1.29 is 9.18 Å². The fraction of sp³-hybridized carbons (Fsp3) is 0.100. The van der Waals surface area contributed by atoms with Gasteiger partial charge in [0, 0.05) is 23.5 Å². The zero-order valence-electron chi connectivity index (χ0n) is 20.4. The highest BCUT2D eigenvalue weighted by Gasteiger charge is 2.14. The molecular formula is C30H24FN5O. The third kappa shape index (κ3) is 4.25. The Balaban J connectivity index is 1.23. The second kappa shape index (κ2) is 9.02. The van der Waals surface area contributed by atoms with Crippen molar-refractivity contribution in [1.29, 1.82) is 0 Å². The largest absolute Gasteiger partial charge is 0.324 e. The van der Waals surface area contributed by atoms with E-state index < -0.39 is 0 Å². The maximum Gasteiger partial charge on any atom is 0.255 e. The van der Waals surface area contributed by atoms with E-state index in [9.17, 15) is 9.18 Å². The molecule has 0 radical (unpaired) electrons. The molecule has 37 heavy (non-hydrogen) atoms. The summed E-state index contributed by atoms with van der Waals surface area (Å²) in [7, 11) is 0. The molecular weight excluding hydrogens is 465 g/mol. The van der Waals surface area contributed by atoms with Crippen LogP contribution in [-0.2, 0) is 6.54 Å². The molecule has 182 valence electrons. The van der Waals surface area contributed by atoms with Crippen molar-refractivity contribution >= 4 is 33.7 Å². The van der Waals surface area contributed by atoms with E-state index in [4.69, 9.17) is 0 Å². The van der Waals surface area contributed by atoms with Crippen molar-refractivity contribution in [1.82, 2.24) is 19.1 Å². The molecule has 0 unspecified atom stereocenters. The lowest BCUT2D eigenvalue weighted by Crippen LogP contribution is -2.12. The van der Waals surface area contributed by atoms with Gasteiger partial charge in [-0.1, -0.05) is 24.3 Å². The van der Waals surface area contributed by atoms with E-state index in [1.807, 2.05) is 73.0 Å². The van der Waals surface area contributed by atoms with Crippen molar-refractivity contribution in [2.24, 2.45) is 0 Å². The minimum absolute atomic E-state index is 0.212. The number of benzene rings is 4. The zero-order chi connectivity index (χ0) is 25.5. The molecule has 0 atom stereocenters. The monoisotopic (exact) mass is 489 g/mol. The van der Waals surface area contributed by atoms with Gasteiger partial charge < -0.3 is 9.88 Å². The van der Waals surface area contributed by atoms with Crippen molar-refractivity contribution in [3.63, 3.8) is 0 Å². The first-order valence-corrected chi connectivity index (χ1v) is 12.0. The van der Waals surface area contributed by atoms with Crippen LogP contribution in [0.4, 0.5) is 10.1 Å². The maximum absolute atomic E-state index is 13.4. The van der Waals surface area contributed by atoms with Gasteiger partial charge in [0.2, 0.25) is 0 Å². The summed E-state index contributed by atoms with van der Waals surface area (Å²) in [4.78, 5) is 22.3. The number of carbonyl (C=O) groups is 1. The lowest BCUT2D eigenvalue weighted by atomic mass is 10.1. The number of hydrogen-bond acceptors (Lipinski definition) is 3. The minimum atomic E-state index is -0.301. The van der Waals surface area contributed by atoms with Crippen molar-refractivity contribution in [3.05, 3.63) is 120 Å². The Morgan fingerprint density at radius 1 is 0.811 bits per heavy atom. The molecule has 7 heteroatoms. The van der Waals surface area contributed by atoms with Crippen molar-refractivity contribution in [2.45, 2.75) is 20.4 Å². The van der Waals surface area contributed by atoms with E-state index in [2.05, 4.69) is 25.9 Å². The summed E-state index contributed by atoms with van der Waals surface area (Å²) in [6, 6.07) is 27.6. The number of aryl methyl sites for hydroxylation is 2. The molecule has 0 saturated heterocycles. The molecule has 2 heterocycles. The summed E-state index contributed by atoms with van der Waals surface area (Å²) in [6.07, 6.45) is 0. The molecule has 2 aromatic heterocycles. The third-order valence-electron chi connectivity index (χ3n) is 6.57. The number of imidazole rings is 2. The predicted molar refractivity (Wildman–Crippen MR) is 144 cm³/mol. The van der Waals surface area contributed by atoms with Crippen LogP contribution in [0.1, 0.15) is 27.6 Å².